The van der Waals surface area contributed by atoms with Gasteiger partial charge in [-0.15, -0.1) is 0 Å². The molecule has 2 heterocycles. The third kappa shape index (κ3) is 5.74. The first-order valence-corrected chi connectivity index (χ1v) is 11.0. The van der Waals surface area contributed by atoms with Crippen LogP contribution in [0, 0.1) is 5.92 Å². The number of carbonyl (C=O) groups is 1. The number of benzene rings is 1. The highest BCUT2D eigenvalue weighted by atomic mass is 35.5. The Bertz CT molecular complexity index is 808. The lowest BCUT2D eigenvalue weighted by Crippen LogP contribution is -2.37. The summed E-state index contributed by atoms with van der Waals surface area (Å²) >= 11 is 6.01. The maximum absolute atomic E-state index is 12.1. The van der Waals surface area contributed by atoms with Gasteiger partial charge >= 0.3 is 0 Å². The Labute approximate surface area is 177 Å². The zero-order valence-corrected chi connectivity index (χ0v) is 17.5. The molecular formula is C24H29ClN2O2. The Morgan fingerprint density at radius 2 is 1.93 bits per heavy atom. The summed E-state index contributed by atoms with van der Waals surface area (Å²) in [6, 6.07) is 10.5. The maximum atomic E-state index is 12.1. The van der Waals surface area contributed by atoms with Crippen molar-refractivity contribution < 1.29 is 9.21 Å². The van der Waals surface area contributed by atoms with E-state index < -0.39 is 0 Å². The molecule has 2 unspecified atom stereocenters. The smallest absolute Gasteiger partial charge is 0.244 e. The number of amides is 1. The highest BCUT2D eigenvalue weighted by Gasteiger charge is 2.28. The molecule has 4 rings (SSSR count). The van der Waals surface area contributed by atoms with Crippen molar-refractivity contribution in [2.45, 2.75) is 44.1 Å². The van der Waals surface area contributed by atoms with Gasteiger partial charge in [-0.25, -0.2) is 0 Å². The highest BCUT2D eigenvalue weighted by molar-refractivity contribution is 6.30. The summed E-state index contributed by atoms with van der Waals surface area (Å²) in [7, 11) is 0. The van der Waals surface area contributed by atoms with E-state index in [2.05, 4.69) is 22.3 Å². The fourth-order valence-electron chi connectivity index (χ4n) is 4.71. The molecule has 1 N–H and O–H groups in total. The van der Waals surface area contributed by atoms with Gasteiger partial charge in [0.2, 0.25) is 5.91 Å². The lowest BCUT2D eigenvalue weighted by Gasteiger charge is -2.33. The van der Waals surface area contributed by atoms with Crippen molar-refractivity contribution in [3.8, 4) is 0 Å². The van der Waals surface area contributed by atoms with E-state index in [9.17, 15) is 4.79 Å². The first-order valence-electron chi connectivity index (χ1n) is 10.6. The van der Waals surface area contributed by atoms with Gasteiger partial charge in [0.05, 0.1) is 12.5 Å². The van der Waals surface area contributed by atoms with E-state index in [1.54, 1.807) is 24.7 Å². The van der Waals surface area contributed by atoms with Crippen LogP contribution in [0.5, 0.6) is 0 Å². The number of piperidine rings is 1. The van der Waals surface area contributed by atoms with Crippen LogP contribution in [0.2, 0.25) is 5.02 Å². The maximum Gasteiger partial charge on any atom is 0.244 e. The number of nitrogens with zero attached hydrogens (tertiary/aromatic N) is 1. The SMILES string of the molecule is O=C(/C=C/c1ccoc1)NC1CCC(CN2CCC(c3ccc(Cl)cc3)CC2)C1. The third-order valence-electron chi connectivity index (χ3n) is 6.30. The van der Waals surface area contributed by atoms with Crippen molar-refractivity contribution in [2.75, 3.05) is 19.6 Å². The first kappa shape index (κ1) is 20.2. The number of hydrogen-bond acceptors (Lipinski definition) is 3. The van der Waals surface area contributed by atoms with Crippen LogP contribution in [0.15, 0.2) is 53.4 Å². The van der Waals surface area contributed by atoms with Crippen LogP contribution in [-0.2, 0) is 4.79 Å². The molecule has 1 aromatic carbocycles. The average Bonchev–Trinajstić information content (AvgIpc) is 3.40. The molecule has 5 heteroatoms. The van der Waals surface area contributed by atoms with Crippen LogP contribution in [0.4, 0.5) is 0 Å². The molecule has 0 radical (unpaired) electrons. The zero-order valence-electron chi connectivity index (χ0n) is 16.7. The van der Waals surface area contributed by atoms with E-state index >= 15 is 0 Å². The van der Waals surface area contributed by atoms with Gasteiger partial charge in [-0.2, -0.15) is 0 Å². The summed E-state index contributed by atoms with van der Waals surface area (Å²) in [6.45, 7) is 3.48. The summed E-state index contributed by atoms with van der Waals surface area (Å²) < 4.78 is 5.01. The van der Waals surface area contributed by atoms with E-state index in [4.69, 9.17) is 16.0 Å². The van der Waals surface area contributed by atoms with Gasteiger partial charge in [-0.3, -0.25) is 4.79 Å². The van der Waals surface area contributed by atoms with Crippen molar-refractivity contribution in [3.05, 3.63) is 65.1 Å². The Hall–Kier alpha value is -2.04. The van der Waals surface area contributed by atoms with Gasteiger partial charge in [0.15, 0.2) is 0 Å². The van der Waals surface area contributed by atoms with E-state index in [1.165, 1.54) is 24.8 Å². The molecule has 2 aliphatic rings. The predicted octanol–water partition coefficient (Wildman–Crippen LogP) is 5.11. The molecule has 1 aliphatic carbocycles. The molecule has 1 saturated heterocycles. The van der Waals surface area contributed by atoms with Gasteiger partial charge in [0.25, 0.3) is 0 Å². The molecule has 2 aromatic rings. The van der Waals surface area contributed by atoms with Crippen LogP contribution in [0.25, 0.3) is 6.08 Å². The van der Waals surface area contributed by atoms with Crippen molar-refractivity contribution in [2.24, 2.45) is 5.92 Å². The van der Waals surface area contributed by atoms with E-state index in [0.29, 0.717) is 17.9 Å². The molecule has 29 heavy (non-hydrogen) atoms. The Morgan fingerprint density at radius 1 is 1.14 bits per heavy atom. The highest BCUT2D eigenvalue weighted by Crippen LogP contribution is 2.31. The lowest BCUT2D eigenvalue weighted by molar-refractivity contribution is -0.117. The second kappa shape index (κ2) is 9.64. The van der Waals surface area contributed by atoms with Crippen LogP contribution in [0.3, 0.4) is 0 Å². The Balaban J connectivity index is 1.18. The summed E-state index contributed by atoms with van der Waals surface area (Å²) in [5.74, 6) is 1.33. The fraction of sp³-hybridized carbons (Fsp3) is 0.458. The van der Waals surface area contributed by atoms with Crippen LogP contribution in [-0.4, -0.2) is 36.5 Å². The van der Waals surface area contributed by atoms with Crippen molar-refractivity contribution in [3.63, 3.8) is 0 Å². The predicted molar refractivity (Wildman–Crippen MR) is 117 cm³/mol. The summed E-state index contributed by atoms with van der Waals surface area (Å²) in [5, 5.41) is 3.97. The molecule has 1 aliphatic heterocycles. The minimum atomic E-state index is -0.0133. The van der Waals surface area contributed by atoms with Crippen molar-refractivity contribution in [1.82, 2.24) is 10.2 Å². The van der Waals surface area contributed by atoms with E-state index in [-0.39, 0.29) is 5.91 Å². The number of rotatable bonds is 6. The van der Waals surface area contributed by atoms with Crippen LogP contribution in [0.1, 0.15) is 49.1 Å². The van der Waals surface area contributed by atoms with E-state index in [0.717, 1.165) is 43.1 Å². The van der Waals surface area contributed by atoms with Gasteiger partial charge in [0, 0.05) is 29.2 Å². The summed E-state index contributed by atoms with van der Waals surface area (Å²) in [6.07, 6.45) is 12.4. The zero-order chi connectivity index (χ0) is 20.1. The second-order valence-electron chi connectivity index (χ2n) is 8.40. The standard InChI is InChI=1S/C24H29ClN2O2/c25-22-5-3-20(4-6-22)21-9-12-27(13-10-21)16-19-1-7-23(15-19)26-24(28)8-2-18-11-14-29-17-18/h2-6,8,11,14,17,19,21,23H,1,7,9-10,12-13,15-16H2,(H,26,28)/b8-2+. The average molecular weight is 413 g/mol. The number of carbonyl (C=O) groups excluding carboxylic acids is 1. The first-order chi connectivity index (χ1) is 14.2. The van der Waals surface area contributed by atoms with Crippen molar-refractivity contribution >= 4 is 23.6 Å². The number of furan rings is 1. The molecule has 0 bridgehead atoms. The van der Waals surface area contributed by atoms with Gasteiger partial charge < -0.3 is 14.6 Å². The number of hydrogen-bond donors (Lipinski definition) is 1. The van der Waals surface area contributed by atoms with E-state index in [1.807, 2.05) is 18.2 Å². The topological polar surface area (TPSA) is 45.5 Å². The lowest BCUT2D eigenvalue weighted by atomic mass is 9.89. The van der Waals surface area contributed by atoms with Crippen LogP contribution >= 0.6 is 11.6 Å². The Kier molecular flexibility index (Phi) is 6.73. The molecule has 1 amide bonds. The largest absolute Gasteiger partial charge is 0.472 e. The Morgan fingerprint density at radius 3 is 2.66 bits per heavy atom. The molecular weight excluding hydrogens is 384 g/mol. The summed E-state index contributed by atoms with van der Waals surface area (Å²) in [5.41, 5.74) is 2.33. The second-order valence-corrected chi connectivity index (χ2v) is 8.84. The summed E-state index contributed by atoms with van der Waals surface area (Å²) in [4.78, 5) is 14.7. The molecule has 4 nitrogen and oxygen atoms in total. The van der Waals surface area contributed by atoms with Gasteiger partial charge in [0.1, 0.15) is 0 Å². The molecule has 2 fully saturated rings. The molecule has 0 spiro atoms. The number of likely N-dealkylation sites (tertiary alicyclic amines) is 1. The minimum Gasteiger partial charge on any atom is -0.472 e. The fourth-order valence-corrected chi connectivity index (χ4v) is 4.84. The number of halogens is 1. The molecule has 1 saturated carbocycles. The third-order valence-corrected chi connectivity index (χ3v) is 6.56. The molecule has 2 atom stereocenters. The molecule has 1 aromatic heterocycles. The van der Waals surface area contributed by atoms with Crippen molar-refractivity contribution in [1.29, 1.82) is 0 Å². The van der Waals surface area contributed by atoms with Crippen LogP contribution < -0.4 is 5.32 Å². The monoisotopic (exact) mass is 412 g/mol. The number of nitrogens with one attached hydrogen (secondary N) is 1. The minimum absolute atomic E-state index is 0.0133. The molecule has 154 valence electrons. The van der Waals surface area contributed by atoms with Gasteiger partial charge in [-0.05, 0) is 86.9 Å². The van der Waals surface area contributed by atoms with Gasteiger partial charge in [-0.1, -0.05) is 23.7 Å². The quantitative estimate of drug-likeness (QED) is 0.670. The normalized spacial score (nSPS) is 23.6.